The Bertz CT molecular complexity index is 768. The number of nitrogens with zero attached hydrogens (tertiary/aromatic N) is 1. The van der Waals surface area contributed by atoms with Crippen molar-refractivity contribution in [1.29, 1.82) is 0 Å². The van der Waals surface area contributed by atoms with Crippen molar-refractivity contribution in [1.82, 2.24) is 4.90 Å². The van der Waals surface area contributed by atoms with Gasteiger partial charge < -0.3 is 10.2 Å². The number of nitrogens with one attached hydrogen (secondary N) is 1. The number of anilines is 1. The molecular formula is C22H27ClN2S. The van der Waals surface area contributed by atoms with Crippen molar-refractivity contribution in [3.05, 3.63) is 64.2 Å². The van der Waals surface area contributed by atoms with Crippen molar-refractivity contribution in [2.24, 2.45) is 0 Å². The number of benzene rings is 2. The molecule has 0 amide bonds. The summed E-state index contributed by atoms with van der Waals surface area (Å²) in [6.07, 6.45) is 5.93. The number of hydrogen-bond donors (Lipinski definition) is 1. The van der Waals surface area contributed by atoms with Gasteiger partial charge in [0.25, 0.3) is 0 Å². The average molecular weight is 387 g/mol. The van der Waals surface area contributed by atoms with E-state index in [1.165, 1.54) is 36.8 Å². The number of hydrogen-bond acceptors (Lipinski definition) is 1. The first-order valence-electron chi connectivity index (χ1n) is 9.49. The van der Waals surface area contributed by atoms with Crippen molar-refractivity contribution < 1.29 is 0 Å². The smallest absolute Gasteiger partial charge is 0.173 e. The Balaban J connectivity index is 1.85. The van der Waals surface area contributed by atoms with Crippen molar-refractivity contribution in [3.63, 3.8) is 0 Å². The summed E-state index contributed by atoms with van der Waals surface area (Å²) in [4.78, 5) is 2.34. The third-order valence-electron chi connectivity index (χ3n) is 5.30. The molecule has 0 atom stereocenters. The highest BCUT2D eigenvalue weighted by molar-refractivity contribution is 7.80. The van der Waals surface area contributed by atoms with Crippen LogP contribution in [0, 0.1) is 6.92 Å². The second-order valence-electron chi connectivity index (χ2n) is 7.05. The van der Waals surface area contributed by atoms with Crippen LogP contribution < -0.4 is 5.32 Å². The minimum absolute atomic E-state index is 0.486. The SMILES string of the molecule is CCc1cccc(C)c1NC(=S)N(Cc1ccccc1Cl)C1CCCC1. The Morgan fingerprint density at radius 1 is 1.12 bits per heavy atom. The number of thiocarbonyl (C=S) groups is 1. The van der Waals surface area contributed by atoms with Gasteiger partial charge in [0.05, 0.1) is 0 Å². The van der Waals surface area contributed by atoms with Crippen LogP contribution in [0.3, 0.4) is 0 Å². The summed E-state index contributed by atoms with van der Waals surface area (Å²) in [6, 6.07) is 15.0. The van der Waals surface area contributed by atoms with Gasteiger partial charge in [-0.3, -0.25) is 0 Å². The molecule has 0 bridgehead atoms. The van der Waals surface area contributed by atoms with Crippen LogP contribution in [0.5, 0.6) is 0 Å². The molecule has 0 aromatic heterocycles. The molecule has 2 aromatic rings. The van der Waals surface area contributed by atoms with Gasteiger partial charge in [-0.15, -0.1) is 0 Å². The molecule has 1 saturated carbocycles. The highest BCUT2D eigenvalue weighted by Gasteiger charge is 2.26. The van der Waals surface area contributed by atoms with E-state index < -0.39 is 0 Å². The van der Waals surface area contributed by atoms with E-state index in [0.29, 0.717) is 6.04 Å². The zero-order valence-corrected chi connectivity index (χ0v) is 17.2. The van der Waals surface area contributed by atoms with Crippen LogP contribution in [0.2, 0.25) is 5.02 Å². The standard InChI is InChI=1S/C22H27ClN2S/c1-3-17-11-8-9-16(2)21(17)24-22(26)25(19-12-5-6-13-19)15-18-10-4-7-14-20(18)23/h4,7-11,14,19H,3,5-6,12-13,15H2,1-2H3,(H,24,26). The maximum Gasteiger partial charge on any atom is 0.173 e. The van der Waals surface area contributed by atoms with Gasteiger partial charge in [-0.05, 0) is 61.2 Å². The fourth-order valence-electron chi connectivity index (χ4n) is 3.77. The zero-order chi connectivity index (χ0) is 18.5. The Morgan fingerprint density at radius 3 is 2.50 bits per heavy atom. The van der Waals surface area contributed by atoms with Crippen molar-refractivity contribution in [2.45, 2.75) is 58.5 Å². The first-order valence-corrected chi connectivity index (χ1v) is 10.3. The molecule has 0 saturated heterocycles. The van der Waals surface area contributed by atoms with E-state index in [-0.39, 0.29) is 0 Å². The van der Waals surface area contributed by atoms with E-state index in [0.717, 1.165) is 34.4 Å². The molecule has 0 aliphatic heterocycles. The Hall–Kier alpha value is -1.58. The van der Waals surface area contributed by atoms with Gasteiger partial charge in [0.1, 0.15) is 0 Å². The molecule has 1 aliphatic carbocycles. The predicted molar refractivity (Wildman–Crippen MR) is 116 cm³/mol. The molecule has 0 radical (unpaired) electrons. The summed E-state index contributed by atoms with van der Waals surface area (Å²) in [5.74, 6) is 0. The summed E-state index contributed by atoms with van der Waals surface area (Å²) in [5.41, 5.74) is 4.82. The van der Waals surface area contributed by atoms with Crippen LogP contribution in [-0.4, -0.2) is 16.1 Å². The highest BCUT2D eigenvalue weighted by Crippen LogP contribution is 2.29. The fourth-order valence-corrected chi connectivity index (χ4v) is 4.28. The lowest BCUT2D eigenvalue weighted by atomic mass is 10.1. The molecule has 2 aromatic carbocycles. The van der Waals surface area contributed by atoms with Crippen LogP contribution in [0.4, 0.5) is 5.69 Å². The van der Waals surface area contributed by atoms with Gasteiger partial charge in [-0.1, -0.05) is 67.8 Å². The van der Waals surface area contributed by atoms with Gasteiger partial charge in [-0.2, -0.15) is 0 Å². The largest absolute Gasteiger partial charge is 0.342 e. The van der Waals surface area contributed by atoms with E-state index in [1.807, 2.05) is 18.2 Å². The summed E-state index contributed by atoms with van der Waals surface area (Å²) >= 11 is 12.3. The van der Waals surface area contributed by atoms with Gasteiger partial charge in [0, 0.05) is 23.3 Å². The van der Waals surface area contributed by atoms with E-state index in [4.69, 9.17) is 23.8 Å². The van der Waals surface area contributed by atoms with Gasteiger partial charge in [0.15, 0.2) is 5.11 Å². The highest BCUT2D eigenvalue weighted by atomic mass is 35.5. The van der Waals surface area contributed by atoms with Crippen molar-refractivity contribution >= 4 is 34.6 Å². The van der Waals surface area contributed by atoms with Gasteiger partial charge in [-0.25, -0.2) is 0 Å². The molecule has 2 nitrogen and oxygen atoms in total. The second kappa shape index (κ2) is 8.88. The minimum atomic E-state index is 0.486. The summed E-state index contributed by atoms with van der Waals surface area (Å²) in [5, 5.41) is 5.18. The first-order chi connectivity index (χ1) is 12.6. The first kappa shape index (κ1) is 19.2. The summed E-state index contributed by atoms with van der Waals surface area (Å²) < 4.78 is 0. The summed E-state index contributed by atoms with van der Waals surface area (Å²) in [6.45, 7) is 5.07. The number of halogens is 1. The number of rotatable bonds is 5. The predicted octanol–water partition coefficient (Wildman–Crippen LogP) is 6.35. The van der Waals surface area contributed by atoms with Crippen molar-refractivity contribution in [2.75, 3.05) is 5.32 Å². The average Bonchev–Trinajstić information content (AvgIpc) is 3.17. The van der Waals surface area contributed by atoms with Crippen molar-refractivity contribution in [3.8, 4) is 0 Å². The molecule has 3 rings (SSSR count). The minimum Gasteiger partial charge on any atom is -0.342 e. The normalized spacial score (nSPS) is 14.4. The Labute approximate surface area is 167 Å². The molecule has 1 N–H and O–H groups in total. The van der Waals surface area contributed by atoms with Gasteiger partial charge in [0.2, 0.25) is 0 Å². The summed E-state index contributed by atoms with van der Waals surface area (Å²) in [7, 11) is 0. The van der Waals surface area contributed by atoms with Crippen LogP contribution in [0.15, 0.2) is 42.5 Å². The fraction of sp³-hybridized carbons (Fsp3) is 0.409. The van der Waals surface area contributed by atoms with E-state index >= 15 is 0 Å². The molecule has 138 valence electrons. The lowest BCUT2D eigenvalue weighted by molar-refractivity contribution is 0.312. The molecular weight excluding hydrogens is 360 g/mol. The second-order valence-corrected chi connectivity index (χ2v) is 7.84. The lowest BCUT2D eigenvalue weighted by Gasteiger charge is -2.32. The Kier molecular flexibility index (Phi) is 6.55. The van der Waals surface area contributed by atoms with Crippen LogP contribution >= 0.6 is 23.8 Å². The van der Waals surface area contributed by atoms with E-state index in [9.17, 15) is 0 Å². The monoisotopic (exact) mass is 386 g/mol. The topological polar surface area (TPSA) is 15.3 Å². The zero-order valence-electron chi connectivity index (χ0n) is 15.6. The number of para-hydroxylation sites is 1. The quantitative estimate of drug-likeness (QED) is 0.602. The van der Waals surface area contributed by atoms with Crippen LogP contribution in [0.25, 0.3) is 0 Å². The Morgan fingerprint density at radius 2 is 1.81 bits per heavy atom. The molecule has 4 heteroatoms. The molecule has 0 unspecified atom stereocenters. The molecule has 1 fully saturated rings. The van der Waals surface area contributed by atoms with Crippen LogP contribution in [0.1, 0.15) is 49.3 Å². The third-order valence-corrected chi connectivity index (χ3v) is 6.00. The maximum absolute atomic E-state index is 6.42. The third kappa shape index (κ3) is 4.39. The molecule has 26 heavy (non-hydrogen) atoms. The number of aryl methyl sites for hydroxylation is 2. The molecule has 0 spiro atoms. The lowest BCUT2D eigenvalue weighted by Crippen LogP contribution is -2.41. The maximum atomic E-state index is 6.42. The molecule has 1 aliphatic rings. The van der Waals surface area contributed by atoms with E-state index in [1.54, 1.807) is 0 Å². The molecule has 0 heterocycles. The van der Waals surface area contributed by atoms with Crippen LogP contribution in [-0.2, 0) is 13.0 Å². The van der Waals surface area contributed by atoms with Gasteiger partial charge >= 0.3 is 0 Å². The van der Waals surface area contributed by atoms with E-state index in [2.05, 4.69) is 48.3 Å².